The number of phenols is 1. The number of carbonyl (C=O) groups is 4. The monoisotopic (exact) mass is 1020 g/mol. The van der Waals surface area contributed by atoms with Crippen molar-refractivity contribution in [2.24, 2.45) is 10.7 Å². The van der Waals surface area contributed by atoms with Gasteiger partial charge in [-0.15, -0.1) is 0 Å². The van der Waals surface area contributed by atoms with Crippen molar-refractivity contribution in [2.45, 2.75) is 81.5 Å². The van der Waals surface area contributed by atoms with Crippen LogP contribution in [0.2, 0.25) is 0 Å². The number of guanidine groups is 1. The minimum Gasteiger partial charge on any atom is -0.275 e. The van der Waals surface area contributed by atoms with E-state index in [0.717, 1.165) is 5.56 Å². The molecule has 18 heteroatoms. The molecule has 280 valence electrons. The first-order chi connectivity index (χ1) is 24.2. The standard InChI is InChI=1S/C33H50N8O8.HI.Pb/c1-19(17-38-29(45)23(7-6-13-36-30(34)35)39-26(43)18-37-20(2)42)41(4)31(46)49-22-10-11-33(47)25-15-21-8-9-24(48-5)28(44)27(21)32(33,16-22)12-14-40(25)3;;/h8-10,19,23,25,47H,6-7,11-18H2,1-5H3,(H8,34,35,36,37,38,39,42,43,44,45);1H;/q;;+2/p-2. The van der Waals surface area contributed by atoms with Gasteiger partial charge in [0.05, 0.1) is 12.7 Å². The summed E-state index contributed by atoms with van der Waals surface area (Å²) in [5.74, 6) is -0.250. The summed E-state index contributed by atoms with van der Waals surface area (Å²) in [7, 11) is 5.05. The summed E-state index contributed by atoms with van der Waals surface area (Å²) < 4.78 is 14.4. The number of nitrogens with two attached hydrogens (primary N) is 1. The number of hydrogen-bond donors (Lipinski definition) is 7. The molecule has 5 atom stereocenters. The molecule has 3 aliphatic rings. The number of rotatable bonds is 14. The molecule has 0 aromatic heterocycles. The van der Waals surface area contributed by atoms with Crippen molar-refractivity contribution >= 4 is 67.8 Å². The Hall–Kier alpha value is -2.92. The Bertz CT molecular complexity index is 1550. The van der Waals surface area contributed by atoms with Crippen LogP contribution in [-0.2, 0) is 31.0 Å². The van der Waals surface area contributed by atoms with Gasteiger partial charge in [-0.05, 0) is 44.1 Å². The summed E-state index contributed by atoms with van der Waals surface area (Å²) in [6, 6.07) is 2.09. The van der Waals surface area contributed by atoms with E-state index in [0.29, 0.717) is 55.4 Å². The van der Waals surface area contributed by atoms with Gasteiger partial charge < -0.3 is 24.6 Å². The summed E-state index contributed by atoms with van der Waals surface area (Å²) in [4.78, 5) is 58.2. The van der Waals surface area contributed by atoms with Gasteiger partial charge in [-0.1, -0.05) is 6.07 Å². The van der Waals surface area contributed by atoms with Crippen molar-refractivity contribution in [3.05, 3.63) is 35.1 Å². The third-order valence-corrected chi connectivity index (χ3v) is 14.0. The van der Waals surface area contributed by atoms with Gasteiger partial charge in [-0.3, -0.25) is 4.79 Å². The maximum atomic E-state index is 13.4. The van der Waals surface area contributed by atoms with Crippen LogP contribution in [0.3, 0.4) is 0 Å². The zero-order chi connectivity index (χ0) is 37.5. The van der Waals surface area contributed by atoms with Crippen LogP contribution in [0.1, 0.15) is 57.1 Å². The summed E-state index contributed by atoms with van der Waals surface area (Å²) in [6.07, 6.45) is 3.41. The van der Waals surface area contributed by atoms with E-state index in [2.05, 4.69) is 46.7 Å². The topological polar surface area (TPSA) is 220 Å². The van der Waals surface area contributed by atoms with Crippen molar-refractivity contribution < 1.29 is 38.9 Å². The molecule has 16 nitrogen and oxygen atoms in total. The number of halogens is 1. The molecule has 1 aliphatic heterocycles. The van der Waals surface area contributed by atoms with E-state index < -0.39 is 61.2 Å². The van der Waals surface area contributed by atoms with Gasteiger partial charge in [0.2, 0.25) is 0 Å². The Morgan fingerprint density at radius 2 is 2.02 bits per heavy atom. The number of amides is 4. The van der Waals surface area contributed by atoms with Crippen LogP contribution in [0.25, 0.3) is 0 Å². The Balaban J connectivity index is 1.41. The first-order valence-electron chi connectivity index (χ1n) is 16.9. The van der Waals surface area contributed by atoms with Crippen molar-refractivity contribution in [1.82, 2.24) is 28.9 Å². The number of nitrogens with one attached hydrogen (secondary N) is 4. The number of nitrogens with zero attached hydrogens (tertiary/aromatic N) is 3. The molecule has 4 amide bonds. The zero-order valence-electron chi connectivity index (χ0n) is 29.7. The first-order valence-corrected chi connectivity index (χ1v) is 29.7. The normalized spacial score (nSPS) is 23.7. The first kappa shape index (κ1) is 40.8. The second-order valence-corrected chi connectivity index (χ2v) is 19.8. The second-order valence-electron chi connectivity index (χ2n) is 13.4. The number of aromatic hydroxyl groups is 1. The third kappa shape index (κ3) is 9.18. The van der Waals surface area contributed by atoms with Crippen molar-refractivity contribution in [3.8, 4) is 11.5 Å². The van der Waals surface area contributed by atoms with Crippen molar-refractivity contribution in [1.29, 1.82) is 0 Å². The van der Waals surface area contributed by atoms with E-state index in [1.807, 2.05) is 13.1 Å². The zero-order valence-corrected chi connectivity index (χ0v) is 35.7. The van der Waals surface area contributed by atoms with E-state index in [9.17, 15) is 29.4 Å². The number of phenolic OH excluding ortho intramolecular Hbond substituents is 1. The minimum atomic E-state index is -1.20. The second kappa shape index (κ2) is 17.7. The molecular weight excluding hydrogens is 971 g/mol. The molecule has 1 fully saturated rings. The number of fused-ring (bicyclic) bond motifs is 1. The predicted molar refractivity (Wildman–Crippen MR) is 199 cm³/mol. The molecule has 1 aromatic carbocycles. The van der Waals surface area contributed by atoms with E-state index in [1.165, 1.54) is 18.9 Å². The Kier molecular flexibility index (Phi) is 14.2. The number of allylic oxidation sites excluding steroid dienone is 1. The van der Waals surface area contributed by atoms with E-state index in [1.54, 1.807) is 26.1 Å². The molecular formula is C33H49IN8O8Pb. The number of methoxy groups -OCH3 is 1. The molecule has 5 unspecified atom stereocenters. The number of hydrogen-bond acceptors (Lipinski definition) is 10. The van der Waals surface area contributed by atoms with Crippen LogP contribution in [0.5, 0.6) is 11.5 Å². The van der Waals surface area contributed by atoms with E-state index >= 15 is 0 Å². The quantitative estimate of drug-likeness (QED) is 0.0438. The summed E-state index contributed by atoms with van der Waals surface area (Å²) >= 11 is 1.30. The fourth-order valence-electron chi connectivity index (χ4n) is 7.33. The number of aliphatic imine (C=N–C) groups is 1. The fourth-order valence-corrected chi connectivity index (χ4v) is 10.4. The molecule has 2 bridgehead atoms. The number of likely N-dealkylation sites (tertiary alicyclic amines) is 1. The van der Waals surface area contributed by atoms with Crippen molar-refractivity contribution in [3.63, 3.8) is 0 Å². The Morgan fingerprint density at radius 1 is 1.27 bits per heavy atom. The van der Waals surface area contributed by atoms with Gasteiger partial charge in [0.15, 0.2) is 11.5 Å². The van der Waals surface area contributed by atoms with Crippen LogP contribution in [-0.4, -0.2) is 141 Å². The number of carbonyl (C=O) groups excluding carboxylic acids is 4. The molecule has 0 spiro atoms. The number of aliphatic hydroxyl groups is 1. The average molecular weight is 1020 g/mol. The number of benzene rings is 1. The average Bonchev–Trinajstić information content (AvgIpc) is 3.09. The van der Waals surface area contributed by atoms with Crippen LogP contribution in [0.4, 0.5) is 4.79 Å². The van der Waals surface area contributed by atoms with Gasteiger partial charge in [0.25, 0.3) is 0 Å². The molecule has 0 saturated carbocycles. The molecule has 2 radical (unpaired) electrons. The van der Waals surface area contributed by atoms with Crippen LogP contribution < -0.4 is 29.5 Å². The molecule has 8 N–H and O–H groups in total. The van der Waals surface area contributed by atoms with Gasteiger partial charge in [-0.25, -0.2) is 4.79 Å². The van der Waals surface area contributed by atoms with Crippen LogP contribution in [0, 0.1) is 0 Å². The van der Waals surface area contributed by atoms with Crippen molar-refractivity contribution in [2.75, 3.05) is 47.4 Å². The Labute approximate surface area is 319 Å². The van der Waals surface area contributed by atoms with Gasteiger partial charge in [0.1, 0.15) is 5.76 Å². The third-order valence-electron chi connectivity index (χ3n) is 10.3. The number of piperidine rings is 1. The number of likely N-dealkylation sites (N-methyl/N-ethyl adjacent to an activating group) is 2. The minimum absolute atomic E-state index is 0.00209. The SMILES string of the molecule is COc1ccc2c(c1O)C13CCN(C)C(C2)C1(O)CC=C(OC(=O)N(C)C(C)CNC(=O)C(CCCN=C(N)[NH][Pb][I])NC(=O)CNC(C)=O)C3. The fraction of sp³-hybridized carbons (Fsp3) is 0.606. The molecule has 1 saturated heterocycles. The van der Waals surface area contributed by atoms with Gasteiger partial charge in [-0.2, -0.15) is 0 Å². The van der Waals surface area contributed by atoms with Crippen LogP contribution >= 0.6 is 17.8 Å². The maximum absolute atomic E-state index is 13.4. The van der Waals surface area contributed by atoms with Crippen LogP contribution in [0.15, 0.2) is 29.0 Å². The summed E-state index contributed by atoms with van der Waals surface area (Å²) in [6.45, 7) is 3.89. The predicted octanol–water partition coefficient (Wildman–Crippen LogP) is 0.155. The number of ether oxygens (including phenoxy) is 2. The summed E-state index contributed by atoms with van der Waals surface area (Å²) in [5, 5.41) is 31.6. The molecule has 2 aliphatic carbocycles. The van der Waals surface area contributed by atoms with Gasteiger partial charge >= 0.3 is 164 Å². The van der Waals surface area contributed by atoms with Gasteiger partial charge in [0, 0.05) is 43.8 Å². The molecule has 4 rings (SSSR count). The summed E-state index contributed by atoms with van der Waals surface area (Å²) in [5.41, 5.74) is 5.30. The smallest absolute Gasteiger partial charge is 0.275 e. The molecule has 1 heterocycles. The Morgan fingerprint density at radius 3 is 2.71 bits per heavy atom. The van der Waals surface area contributed by atoms with E-state index in [4.69, 9.17) is 15.2 Å². The molecule has 51 heavy (non-hydrogen) atoms. The van der Waals surface area contributed by atoms with E-state index in [-0.39, 0.29) is 50.1 Å². The molecule has 1 aromatic rings.